The maximum Gasteiger partial charge on any atom is 0.262 e. The number of hydrogen-bond acceptors (Lipinski definition) is 6. The van der Waals surface area contributed by atoms with Crippen LogP contribution in [0.15, 0.2) is 55.0 Å². The van der Waals surface area contributed by atoms with E-state index in [1.807, 2.05) is 31.2 Å². The van der Waals surface area contributed by atoms with E-state index in [1.165, 1.54) is 23.7 Å². The molecule has 2 N–H and O–H groups in total. The van der Waals surface area contributed by atoms with Crippen LogP contribution in [0.5, 0.6) is 0 Å². The van der Waals surface area contributed by atoms with Gasteiger partial charge in [-0.1, -0.05) is 24.3 Å². The van der Waals surface area contributed by atoms with Crippen LogP contribution >= 0.6 is 11.3 Å². The summed E-state index contributed by atoms with van der Waals surface area (Å²) >= 11 is 1.33. The highest BCUT2D eigenvalue weighted by Crippen LogP contribution is 2.33. The molecule has 0 aliphatic carbocycles. The smallest absolute Gasteiger partial charge is 0.262 e. The van der Waals surface area contributed by atoms with Gasteiger partial charge in [0, 0.05) is 12.7 Å². The van der Waals surface area contributed by atoms with Gasteiger partial charge in [-0.05, 0) is 42.7 Å². The van der Waals surface area contributed by atoms with Gasteiger partial charge < -0.3 is 10.6 Å². The molecule has 0 aliphatic rings. The monoisotopic (exact) mass is 421 g/mol. The number of nitrogens with zero attached hydrogens (tertiary/aromatic N) is 3. The van der Waals surface area contributed by atoms with Crippen molar-refractivity contribution in [1.82, 2.24) is 20.3 Å². The Bertz CT molecular complexity index is 1180. The van der Waals surface area contributed by atoms with Gasteiger partial charge in [0.05, 0.1) is 22.5 Å². The number of thiophene rings is 1. The molecule has 0 fully saturated rings. The van der Waals surface area contributed by atoms with Crippen LogP contribution in [0.3, 0.4) is 0 Å². The lowest BCUT2D eigenvalue weighted by Gasteiger charge is -2.08. The molecule has 3 aromatic heterocycles. The molecule has 4 aromatic rings. The fourth-order valence-corrected chi connectivity index (χ4v) is 4.26. The number of amides is 1. The van der Waals surface area contributed by atoms with Crippen LogP contribution in [0, 0.1) is 12.7 Å². The first kappa shape index (κ1) is 19.9. The Morgan fingerprint density at radius 1 is 1.10 bits per heavy atom. The minimum Gasteiger partial charge on any atom is -0.369 e. The summed E-state index contributed by atoms with van der Waals surface area (Å²) in [5.74, 6) is 0.262. The minimum absolute atomic E-state index is 0.168. The van der Waals surface area contributed by atoms with Crippen molar-refractivity contribution in [3.05, 3.63) is 82.5 Å². The molecule has 0 saturated heterocycles. The quantitative estimate of drug-likeness (QED) is 0.469. The first-order chi connectivity index (χ1) is 14.6. The van der Waals surface area contributed by atoms with Crippen LogP contribution in [-0.4, -0.2) is 27.4 Å². The number of carbonyl (C=O) groups excluding carboxylic acids is 1. The second-order valence-electron chi connectivity index (χ2n) is 6.73. The Labute approximate surface area is 177 Å². The van der Waals surface area contributed by atoms with Crippen LogP contribution in [-0.2, 0) is 13.0 Å². The van der Waals surface area contributed by atoms with Crippen molar-refractivity contribution >= 4 is 33.3 Å². The fourth-order valence-electron chi connectivity index (χ4n) is 3.19. The van der Waals surface area contributed by atoms with Gasteiger partial charge in [-0.25, -0.2) is 14.4 Å². The fraction of sp³-hybridized carbons (Fsp3) is 0.182. The van der Waals surface area contributed by atoms with Crippen molar-refractivity contribution in [3.63, 3.8) is 0 Å². The summed E-state index contributed by atoms with van der Waals surface area (Å²) in [5, 5.41) is 6.99. The summed E-state index contributed by atoms with van der Waals surface area (Å²) in [6, 6.07) is 12.3. The SMILES string of the molecule is Cc1c(C(=O)NCc2ccccn2)sc2ncnc(NCCc3ccccc3F)c12. The third-order valence-corrected chi connectivity index (χ3v) is 5.93. The number of pyridine rings is 1. The first-order valence-electron chi connectivity index (χ1n) is 9.53. The Balaban J connectivity index is 1.49. The molecule has 3 heterocycles. The number of halogens is 1. The number of benzene rings is 1. The average molecular weight is 422 g/mol. The summed E-state index contributed by atoms with van der Waals surface area (Å²) < 4.78 is 13.8. The standard InChI is InChI=1S/C22H20FN5OS/c1-14-18-20(25-11-9-15-6-2-3-8-17(15)23)27-13-28-22(18)30-19(14)21(29)26-12-16-7-4-5-10-24-16/h2-8,10,13H,9,11-12H2,1H3,(H,26,29)(H,25,27,28). The van der Waals surface area contributed by atoms with Gasteiger partial charge in [0.1, 0.15) is 22.8 Å². The van der Waals surface area contributed by atoms with Crippen LogP contribution < -0.4 is 10.6 Å². The van der Waals surface area contributed by atoms with Crippen LogP contribution in [0.4, 0.5) is 10.2 Å². The van der Waals surface area contributed by atoms with E-state index in [-0.39, 0.29) is 11.7 Å². The van der Waals surface area contributed by atoms with Crippen molar-refractivity contribution < 1.29 is 9.18 Å². The van der Waals surface area contributed by atoms with E-state index >= 15 is 0 Å². The molecule has 0 saturated carbocycles. The lowest BCUT2D eigenvalue weighted by Crippen LogP contribution is -2.22. The molecular formula is C22H20FN5OS. The van der Waals surface area contributed by atoms with E-state index in [1.54, 1.807) is 18.3 Å². The molecule has 0 spiro atoms. The molecule has 6 nitrogen and oxygen atoms in total. The zero-order chi connectivity index (χ0) is 20.9. The molecule has 4 rings (SSSR count). The van der Waals surface area contributed by atoms with E-state index in [2.05, 4.69) is 25.6 Å². The molecule has 30 heavy (non-hydrogen) atoms. The molecule has 1 aromatic carbocycles. The number of fused-ring (bicyclic) bond motifs is 1. The van der Waals surface area contributed by atoms with Gasteiger partial charge in [-0.2, -0.15) is 0 Å². The number of nitrogens with one attached hydrogen (secondary N) is 2. The number of hydrogen-bond donors (Lipinski definition) is 2. The zero-order valence-corrected chi connectivity index (χ0v) is 17.2. The molecule has 0 radical (unpaired) electrons. The predicted molar refractivity (Wildman–Crippen MR) is 116 cm³/mol. The summed E-state index contributed by atoms with van der Waals surface area (Å²) in [7, 11) is 0. The predicted octanol–water partition coefficient (Wildman–Crippen LogP) is 4.12. The van der Waals surface area contributed by atoms with Gasteiger partial charge in [0.15, 0.2) is 0 Å². The van der Waals surface area contributed by atoms with Crippen LogP contribution in [0.2, 0.25) is 0 Å². The Kier molecular flexibility index (Phi) is 5.94. The lowest BCUT2D eigenvalue weighted by molar-refractivity contribution is 0.0954. The summed E-state index contributed by atoms with van der Waals surface area (Å²) in [6.07, 6.45) is 3.69. The number of carbonyl (C=O) groups is 1. The zero-order valence-electron chi connectivity index (χ0n) is 16.4. The number of aryl methyl sites for hydroxylation is 1. The molecule has 152 valence electrons. The molecule has 0 atom stereocenters. The van der Waals surface area contributed by atoms with Crippen molar-refractivity contribution in [2.45, 2.75) is 19.9 Å². The maximum atomic E-state index is 13.8. The van der Waals surface area contributed by atoms with E-state index in [0.29, 0.717) is 35.8 Å². The number of anilines is 1. The van der Waals surface area contributed by atoms with Gasteiger partial charge in [0.25, 0.3) is 5.91 Å². The maximum absolute atomic E-state index is 13.8. The molecule has 1 amide bonds. The Morgan fingerprint density at radius 2 is 1.93 bits per heavy atom. The summed E-state index contributed by atoms with van der Waals surface area (Å²) in [6.45, 7) is 2.76. The van der Waals surface area contributed by atoms with Gasteiger partial charge in [-0.15, -0.1) is 11.3 Å². The van der Waals surface area contributed by atoms with Crippen LogP contribution in [0.1, 0.15) is 26.5 Å². The molecular weight excluding hydrogens is 401 g/mol. The van der Waals surface area contributed by atoms with E-state index in [0.717, 1.165) is 21.5 Å². The Hall–Kier alpha value is -3.39. The molecule has 0 unspecified atom stereocenters. The number of aromatic nitrogens is 3. The second-order valence-corrected chi connectivity index (χ2v) is 7.73. The van der Waals surface area contributed by atoms with Crippen molar-refractivity contribution in [2.24, 2.45) is 0 Å². The van der Waals surface area contributed by atoms with Crippen molar-refractivity contribution in [2.75, 3.05) is 11.9 Å². The van der Waals surface area contributed by atoms with Crippen molar-refractivity contribution in [3.8, 4) is 0 Å². The van der Waals surface area contributed by atoms with Crippen molar-refractivity contribution in [1.29, 1.82) is 0 Å². The highest BCUT2D eigenvalue weighted by molar-refractivity contribution is 7.20. The average Bonchev–Trinajstić information content (AvgIpc) is 3.11. The number of rotatable bonds is 7. The van der Waals surface area contributed by atoms with Crippen LogP contribution in [0.25, 0.3) is 10.2 Å². The van der Waals surface area contributed by atoms with E-state index < -0.39 is 0 Å². The highest BCUT2D eigenvalue weighted by atomic mass is 32.1. The van der Waals surface area contributed by atoms with Gasteiger partial charge in [-0.3, -0.25) is 9.78 Å². The summed E-state index contributed by atoms with van der Waals surface area (Å²) in [4.78, 5) is 26.9. The van der Waals surface area contributed by atoms with Gasteiger partial charge >= 0.3 is 0 Å². The van der Waals surface area contributed by atoms with Gasteiger partial charge in [0.2, 0.25) is 0 Å². The lowest BCUT2D eigenvalue weighted by atomic mass is 10.1. The molecule has 0 bridgehead atoms. The largest absolute Gasteiger partial charge is 0.369 e. The minimum atomic E-state index is -0.217. The second kappa shape index (κ2) is 8.96. The third-order valence-electron chi connectivity index (χ3n) is 4.73. The third kappa shape index (κ3) is 4.28. The highest BCUT2D eigenvalue weighted by Gasteiger charge is 2.19. The Morgan fingerprint density at radius 3 is 2.73 bits per heavy atom. The topological polar surface area (TPSA) is 79.8 Å². The normalized spacial score (nSPS) is 10.9. The van der Waals surface area contributed by atoms with E-state index in [9.17, 15) is 9.18 Å². The van der Waals surface area contributed by atoms with E-state index in [4.69, 9.17) is 0 Å². The summed E-state index contributed by atoms with van der Waals surface area (Å²) in [5.41, 5.74) is 2.26. The first-order valence-corrected chi connectivity index (χ1v) is 10.3. The molecule has 0 aliphatic heterocycles. The molecule has 8 heteroatoms.